The first-order valence-electron chi connectivity index (χ1n) is 5.30. The van der Waals surface area contributed by atoms with Crippen molar-refractivity contribution < 1.29 is 13.2 Å². The minimum atomic E-state index is -4.38. The highest BCUT2D eigenvalue weighted by Gasteiger charge is 2.36. The topological polar surface area (TPSA) is 24.1 Å². The Balaban J connectivity index is 2.43. The van der Waals surface area contributed by atoms with Gasteiger partial charge in [0.2, 0.25) is 0 Å². The number of alkyl halides is 3. The maximum absolute atomic E-state index is 12.9. The summed E-state index contributed by atoms with van der Waals surface area (Å²) in [7, 11) is 0. The van der Waals surface area contributed by atoms with Crippen LogP contribution in [-0.4, -0.2) is 19.6 Å². The van der Waals surface area contributed by atoms with Crippen LogP contribution in [-0.2, 0) is 6.18 Å². The number of nitrogens with one attached hydrogen (secondary N) is 2. The Morgan fingerprint density at radius 2 is 2.00 bits per heavy atom. The molecule has 1 aliphatic heterocycles. The molecule has 2 rings (SSSR count). The van der Waals surface area contributed by atoms with E-state index in [-0.39, 0.29) is 10.6 Å². The summed E-state index contributed by atoms with van der Waals surface area (Å²) < 4.78 is 38.6. The monoisotopic (exact) mass is 264 g/mol. The molecule has 1 saturated heterocycles. The fourth-order valence-corrected chi connectivity index (χ4v) is 2.30. The molecule has 0 aromatic heterocycles. The SMILES string of the molecule is FC(F)(F)c1cccc(Cl)c1[C@H]1CNCCN1. The third kappa shape index (κ3) is 2.73. The molecule has 1 aliphatic rings. The summed E-state index contributed by atoms with van der Waals surface area (Å²) in [5.41, 5.74) is -0.528. The molecule has 2 N–H and O–H groups in total. The summed E-state index contributed by atoms with van der Waals surface area (Å²) in [5.74, 6) is 0. The van der Waals surface area contributed by atoms with Crippen LogP contribution in [0, 0.1) is 0 Å². The fourth-order valence-electron chi connectivity index (χ4n) is 2.00. The summed E-state index contributed by atoms with van der Waals surface area (Å²) in [6.45, 7) is 1.84. The lowest BCUT2D eigenvalue weighted by atomic mass is 9.98. The minimum absolute atomic E-state index is 0.133. The van der Waals surface area contributed by atoms with E-state index in [9.17, 15) is 13.2 Å². The van der Waals surface area contributed by atoms with E-state index >= 15 is 0 Å². The van der Waals surface area contributed by atoms with Crippen LogP contribution in [0.4, 0.5) is 13.2 Å². The molecule has 0 unspecified atom stereocenters. The normalized spacial score (nSPS) is 21.5. The van der Waals surface area contributed by atoms with Crippen molar-refractivity contribution in [3.63, 3.8) is 0 Å². The van der Waals surface area contributed by atoms with Crippen molar-refractivity contribution in [1.29, 1.82) is 0 Å². The van der Waals surface area contributed by atoms with Crippen molar-refractivity contribution in [3.8, 4) is 0 Å². The van der Waals surface area contributed by atoms with Gasteiger partial charge in [-0.2, -0.15) is 13.2 Å². The van der Waals surface area contributed by atoms with Crippen molar-refractivity contribution in [2.24, 2.45) is 0 Å². The first-order chi connectivity index (χ1) is 8.00. The number of benzene rings is 1. The van der Waals surface area contributed by atoms with Crippen LogP contribution in [0.25, 0.3) is 0 Å². The molecule has 2 nitrogen and oxygen atoms in total. The summed E-state index contributed by atoms with van der Waals surface area (Å²) in [6, 6.07) is 3.49. The van der Waals surface area contributed by atoms with Crippen molar-refractivity contribution in [2.45, 2.75) is 12.2 Å². The zero-order chi connectivity index (χ0) is 12.5. The zero-order valence-corrected chi connectivity index (χ0v) is 9.70. The molecule has 6 heteroatoms. The van der Waals surface area contributed by atoms with Gasteiger partial charge in [-0.1, -0.05) is 17.7 Å². The van der Waals surface area contributed by atoms with E-state index in [1.165, 1.54) is 12.1 Å². The van der Waals surface area contributed by atoms with Gasteiger partial charge < -0.3 is 10.6 Å². The van der Waals surface area contributed by atoms with Crippen molar-refractivity contribution in [3.05, 3.63) is 34.3 Å². The molecule has 1 heterocycles. The van der Waals surface area contributed by atoms with E-state index in [0.717, 1.165) is 12.6 Å². The molecule has 1 aromatic carbocycles. The smallest absolute Gasteiger partial charge is 0.314 e. The predicted molar refractivity (Wildman–Crippen MR) is 60.1 cm³/mol. The molecule has 0 radical (unpaired) electrons. The molecular weight excluding hydrogens is 253 g/mol. The number of halogens is 4. The van der Waals surface area contributed by atoms with Crippen LogP contribution in [0.15, 0.2) is 18.2 Å². The highest BCUT2D eigenvalue weighted by molar-refractivity contribution is 6.31. The van der Waals surface area contributed by atoms with Gasteiger partial charge in [0.15, 0.2) is 0 Å². The Kier molecular flexibility index (Phi) is 3.61. The van der Waals surface area contributed by atoms with E-state index in [1.54, 1.807) is 0 Å². The maximum Gasteiger partial charge on any atom is 0.416 e. The van der Waals surface area contributed by atoms with Crippen LogP contribution < -0.4 is 10.6 Å². The lowest BCUT2D eigenvalue weighted by Gasteiger charge is -2.28. The van der Waals surface area contributed by atoms with E-state index in [0.29, 0.717) is 13.1 Å². The summed E-state index contributed by atoms with van der Waals surface area (Å²) >= 11 is 5.90. The summed E-state index contributed by atoms with van der Waals surface area (Å²) in [6.07, 6.45) is -4.38. The molecule has 0 amide bonds. The van der Waals surface area contributed by atoms with Crippen molar-refractivity contribution >= 4 is 11.6 Å². The average Bonchev–Trinajstić information content (AvgIpc) is 2.28. The van der Waals surface area contributed by atoms with Crippen molar-refractivity contribution in [1.82, 2.24) is 10.6 Å². The molecule has 0 saturated carbocycles. The first-order valence-corrected chi connectivity index (χ1v) is 5.67. The third-order valence-electron chi connectivity index (χ3n) is 2.75. The van der Waals surface area contributed by atoms with Gasteiger partial charge in [-0.25, -0.2) is 0 Å². The molecule has 94 valence electrons. The molecule has 1 fully saturated rings. The second-order valence-corrected chi connectivity index (χ2v) is 4.32. The highest BCUT2D eigenvalue weighted by Crippen LogP contribution is 2.38. The maximum atomic E-state index is 12.9. The van der Waals surface area contributed by atoms with Crippen molar-refractivity contribution in [2.75, 3.05) is 19.6 Å². The number of hydrogen-bond acceptors (Lipinski definition) is 2. The number of hydrogen-bond donors (Lipinski definition) is 2. The second-order valence-electron chi connectivity index (χ2n) is 3.91. The van der Waals surface area contributed by atoms with Gasteiger partial charge in [-0.15, -0.1) is 0 Å². The predicted octanol–water partition coefficient (Wildman–Crippen LogP) is 2.59. The average molecular weight is 265 g/mol. The quantitative estimate of drug-likeness (QED) is 0.815. The third-order valence-corrected chi connectivity index (χ3v) is 3.08. The van der Waals surface area contributed by atoms with Gasteiger partial charge in [0, 0.05) is 36.3 Å². The Bertz CT molecular complexity index is 400. The largest absolute Gasteiger partial charge is 0.416 e. The lowest BCUT2D eigenvalue weighted by molar-refractivity contribution is -0.138. The van der Waals surface area contributed by atoms with E-state index < -0.39 is 17.8 Å². The molecular formula is C11H12ClF3N2. The van der Waals surface area contributed by atoms with Crippen LogP contribution in [0.1, 0.15) is 17.2 Å². The van der Waals surface area contributed by atoms with Gasteiger partial charge in [0.1, 0.15) is 0 Å². The van der Waals surface area contributed by atoms with Crippen LogP contribution in [0.2, 0.25) is 5.02 Å². The zero-order valence-electron chi connectivity index (χ0n) is 8.94. The fraction of sp³-hybridized carbons (Fsp3) is 0.455. The molecule has 1 aromatic rings. The van der Waals surface area contributed by atoms with Crippen LogP contribution >= 0.6 is 11.6 Å². The van der Waals surface area contributed by atoms with Crippen LogP contribution in [0.3, 0.4) is 0 Å². The van der Waals surface area contributed by atoms with Gasteiger partial charge in [0.25, 0.3) is 0 Å². The minimum Gasteiger partial charge on any atom is -0.314 e. The van der Waals surface area contributed by atoms with Gasteiger partial charge >= 0.3 is 6.18 Å². The molecule has 17 heavy (non-hydrogen) atoms. The molecule has 0 aliphatic carbocycles. The van der Waals surface area contributed by atoms with Crippen LogP contribution in [0.5, 0.6) is 0 Å². The highest BCUT2D eigenvalue weighted by atomic mass is 35.5. The Labute approximate surface area is 102 Å². The lowest BCUT2D eigenvalue weighted by Crippen LogP contribution is -2.43. The Hall–Kier alpha value is -0.780. The number of rotatable bonds is 1. The van der Waals surface area contributed by atoms with E-state index in [4.69, 9.17) is 11.6 Å². The van der Waals surface area contributed by atoms with E-state index in [2.05, 4.69) is 10.6 Å². The molecule has 1 atom stereocenters. The van der Waals surface area contributed by atoms with Gasteiger partial charge in [-0.3, -0.25) is 0 Å². The Morgan fingerprint density at radius 1 is 1.24 bits per heavy atom. The summed E-state index contributed by atoms with van der Waals surface area (Å²) in [4.78, 5) is 0. The van der Waals surface area contributed by atoms with E-state index in [1.807, 2.05) is 0 Å². The molecule has 0 bridgehead atoms. The van der Waals surface area contributed by atoms with Gasteiger partial charge in [-0.05, 0) is 12.1 Å². The van der Waals surface area contributed by atoms with Gasteiger partial charge in [0.05, 0.1) is 5.56 Å². The number of piperazine rings is 1. The summed E-state index contributed by atoms with van der Waals surface area (Å²) in [5, 5.41) is 6.25. The second kappa shape index (κ2) is 4.84. The molecule has 0 spiro atoms. The standard InChI is InChI=1S/C11H12ClF3N2/c12-8-3-1-2-7(11(13,14)15)10(8)9-6-16-4-5-17-9/h1-3,9,16-17H,4-6H2/t9-/m1/s1. The Morgan fingerprint density at radius 3 is 2.59 bits per heavy atom. The first kappa shape index (κ1) is 12.7.